The van der Waals surface area contributed by atoms with E-state index in [1.807, 2.05) is 4.68 Å². The number of carboxylic acids is 1. The molecule has 0 radical (unpaired) electrons. The minimum Gasteiger partial charge on any atom is -0.477 e. The Morgan fingerprint density at radius 2 is 2.27 bits per heavy atom. The predicted octanol–water partition coefficient (Wildman–Crippen LogP) is 2.44. The number of aromatic carboxylic acids is 1. The van der Waals surface area contributed by atoms with Crippen molar-refractivity contribution in [1.82, 2.24) is 19.7 Å². The van der Waals surface area contributed by atoms with Crippen molar-refractivity contribution in [3.8, 4) is 0 Å². The summed E-state index contributed by atoms with van der Waals surface area (Å²) in [6, 6.07) is 1.83. The molecule has 7 nitrogen and oxygen atoms in total. The zero-order valence-electron chi connectivity index (χ0n) is 12.7. The molecule has 0 saturated carbocycles. The molecule has 0 aromatic carbocycles. The van der Waals surface area contributed by atoms with Gasteiger partial charge in [-0.3, -0.25) is 4.68 Å². The first kappa shape index (κ1) is 14.5. The molecule has 0 saturated heterocycles. The van der Waals surface area contributed by atoms with Gasteiger partial charge >= 0.3 is 5.97 Å². The molecule has 2 N–H and O–H groups in total. The van der Waals surface area contributed by atoms with Crippen molar-refractivity contribution < 1.29 is 9.90 Å². The standard InChI is InChI=1S/C15H19N5O2/c1-9(2)20-7-10-4-3-5-11(14(10)19-20)18-13-6-12(15(21)22)16-8-17-13/h6-9,11H,3-5H2,1-2H3,(H,21,22)(H,16,17,18). The molecule has 0 bridgehead atoms. The highest BCUT2D eigenvalue weighted by molar-refractivity contribution is 5.86. The summed E-state index contributed by atoms with van der Waals surface area (Å²) in [5.74, 6) is -0.539. The molecular formula is C15H19N5O2. The summed E-state index contributed by atoms with van der Waals surface area (Å²) in [6.45, 7) is 4.20. The summed E-state index contributed by atoms with van der Waals surface area (Å²) >= 11 is 0. The van der Waals surface area contributed by atoms with Gasteiger partial charge in [0.05, 0.1) is 11.7 Å². The highest BCUT2D eigenvalue weighted by Crippen LogP contribution is 2.31. The number of anilines is 1. The Morgan fingerprint density at radius 3 is 3.00 bits per heavy atom. The molecular weight excluding hydrogens is 282 g/mol. The van der Waals surface area contributed by atoms with Gasteiger partial charge in [-0.25, -0.2) is 14.8 Å². The van der Waals surface area contributed by atoms with E-state index in [2.05, 4.69) is 40.4 Å². The van der Waals surface area contributed by atoms with Gasteiger partial charge in [0.1, 0.15) is 12.1 Å². The second-order valence-electron chi connectivity index (χ2n) is 5.80. The SMILES string of the molecule is CC(C)n1cc2c(n1)C(Nc1cc(C(=O)O)ncn1)CCC2. The first-order chi connectivity index (χ1) is 10.5. The zero-order chi connectivity index (χ0) is 15.7. The van der Waals surface area contributed by atoms with E-state index in [4.69, 9.17) is 5.11 Å². The van der Waals surface area contributed by atoms with E-state index in [-0.39, 0.29) is 11.7 Å². The van der Waals surface area contributed by atoms with Crippen molar-refractivity contribution in [3.63, 3.8) is 0 Å². The summed E-state index contributed by atoms with van der Waals surface area (Å²) in [7, 11) is 0. The first-order valence-corrected chi connectivity index (χ1v) is 7.44. The van der Waals surface area contributed by atoms with Crippen LogP contribution < -0.4 is 5.32 Å². The van der Waals surface area contributed by atoms with Crippen molar-refractivity contribution in [2.24, 2.45) is 0 Å². The van der Waals surface area contributed by atoms with Gasteiger partial charge in [-0.15, -0.1) is 0 Å². The summed E-state index contributed by atoms with van der Waals surface area (Å²) < 4.78 is 1.98. The summed E-state index contributed by atoms with van der Waals surface area (Å²) in [6.07, 6.45) is 6.43. The van der Waals surface area contributed by atoms with Gasteiger partial charge in [0.25, 0.3) is 0 Å². The average Bonchev–Trinajstić information content (AvgIpc) is 2.93. The van der Waals surface area contributed by atoms with Gasteiger partial charge in [-0.1, -0.05) is 0 Å². The van der Waals surface area contributed by atoms with Crippen LogP contribution >= 0.6 is 0 Å². The second kappa shape index (κ2) is 5.75. The van der Waals surface area contributed by atoms with E-state index in [0.717, 1.165) is 25.0 Å². The van der Waals surface area contributed by atoms with E-state index >= 15 is 0 Å². The summed E-state index contributed by atoms with van der Waals surface area (Å²) in [5.41, 5.74) is 2.28. The summed E-state index contributed by atoms with van der Waals surface area (Å²) in [5, 5.41) is 17.0. The number of rotatable bonds is 4. The van der Waals surface area contributed by atoms with Gasteiger partial charge < -0.3 is 10.4 Å². The van der Waals surface area contributed by atoms with E-state index in [9.17, 15) is 4.79 Å². The lowest BCUT2D eigenvalue weighted by Gasteiger charge is -2.22. The smallest absolute Gasteiger partial charge is 0.354 e. The van der Waals surface area contributed by atoms with Crippen LogP contribution in [0.3, 0.4) is 0 Å². The molecule has 1 aliphatic carbocycles. The molecule has 0 aliphatic heterocycles. The lowest BCUT2D eigenvalue weighted by Crippen LogP contribution is -2.18. The molecule has 1 atom stereocenters. The Hall–Kier alpha value is -2.44. The van der Waals surface area contributed by atoms with Crippen molar-refractivity contribution in [1.29, 1.82) is 0 Å². The highest BCUT2D eigenvalue weighted by Gasteiger charge is 2.25. The van der Waals surface area contributed by atoms with E-state index in [1.54, 1.807) is 0 Å². The molecule has 116 valence electrons. The average molecular weight is 301 g/mol. The Balaban J connectivity index is 1.85. The van der Waals surface area contributed by atoms with Crippen LogP contribution in [0.2, 0.25) is 0 Å². The Morgan fingerprint density at radius 1 is 1.45 bits per heavy atom. The number of hydrogen-bond acceptors (Lipinski definition) is 5. The highest BCUT2D eigenvalue weighted by atomic mass is 16.4. The van der Waals surface area contributed by atoms with Crippen LogP contribution in [-0.4, -0.2) is 30.8 Å². The molecule has 0 spiro atoms. The predicted molar refractivity (Wildman–Crippen MR) is 80.9 cm³/mol. The molecule has 1 unspecified atom stereocenters. The number of hydrogen-bond donors (Lipinski definition) is 2. The second-order valence-corrected chi connectivity index (χ2v) is 5.80. The van der Waals surface area contributed by atoms with Gasteiger partial charge in [-0.05, 0) is 38.7 Å². The molecule has 2 aromatic rings. The molecule has 2 aromatic heterocycles. The molecule has 0 amide bonds. The Kier molecular flexibility index (Phi) is 3.79. The summed E-state index contributed by atoms with van der Waals surface area (Å²) in [4.78, 5) is 18.8. The molecule has 1 aliphatic rings. The number of carboxylic acid groups (broad SMARTS) is 1. The van der Waals surface area contributed by atoms with Crippen molar-refractivity contribution in [3.05, 3.63) is 35.5 Å². The maximum atomic E-state index is 11.0. The number of aryl methyl sites for hydroxylation is 1. The maximum Gasteiger partial charge on any atom is 0.354 e. The van der Waals surface area contributed by atoms with Crippen molar-refractivity contribution in [2.45, 2.75) is 45.2 Å². The van der Waals surface area contributed by atoms with Crippen LogP contribution in [0.15, 0.2) is 18.6 Å². The fourth-order valence-electron chi connectivity index (χ4n) is 2.70. The molecule has 0 fully saturated rings. The lowest BCUT2D eigenvalue weighted by molar-refractivity contribution is 0.0690. The zero-order valence-corrected chi connectivity index (χ0v) is 12.7. The lowest BCUT2D eigenvalue weighted by atomic mass is 9.94. The van der Waals surface area contributed by atoms with Gasteiger partial charge in [0, 0.05) is 18.3 Å². The van der Waals surface area contributed by atoms with Crippen LogP contribution in [0, 0.1) is 0 Å². The third-order valence-electron chi connectivity index (χ3n) is 3.85. The van der Waals surface area contributed by atoms with Crippen molar-refractivity contribution in [2.75, 3.05) is 5.32 Å². The largest absolute Gasteiger partial charge is 0.477 e. The fraction of sp³-hybridized carbons (Fsp3) is 0.467. The molecule has 3 rings (SSSR count). The van der Waals surface area contributed by atoms with E-state index in [1.165, 1.54) is 18.0 Å². The van der Waals surface area contributed by atoms with E-state index in [0.29, 0.717) is 11.9 Å². The van der Waals surface area contributed by atoms with Gasteiger partial charge in [0.15, 0.2) is 5.69 Å². The number of fused-ring (bicyclic) bond motifs is 1. The van der Waals surface area contributed by atoms with Gasteiger partial charge in [-0.2, -0.15) is 5.10 Å². The third-order valence-corrected chi connectivity index (χ3v) is 3.85. The normalized spacial score (nSPS) is 17.3. The van der Waals surface area contributed by atoms with Crippen molar-refractivity contribution >= 4 is 11.8 Å². The minimum absolute atomic E-state index is 0.0127. The molecule has 2 heterocycles. The number of nitrogens with zero attached hydrogens (tertiary/aromatic N) is 4. The van der Waals surface area contributed by atoms with Crippen LogP contribution in [0.25, 0.3) is 0 Å². The van der Waals surface area contributed by atoms with Gasteiger partial charge in [0.2, 0.25) is 0 Å². The quantitative estimate of drug-likeness (QED) is 0.901. The topological polar surface area (TPSA) is 92.9 Å². The third kappa shape index (κ3) is 2.79. The number of carbonyl (C=O) groups is 1. The fourth-order valence-corrected chi connectivity index (χ4v) is 2.70. The maximum absolute atomic E-state index is 11.0. The Labute approximate surface area is 128 Å². The van der Waals surface area contributed by atoms with Crippen LogP contribution in [-0.2, 0) is 6.42 Å². The van der Waals surface area contributed by atoms with Crippen LogP contribution in [0.1, 0.15) is 60.5 Å². The van der Waals surface area contributed by atoms with Crippen LogP contribution in [0.5, 0.6) is 0 Å². The first-order valence-electron chi connectivity index (χ1n) is 7.44. The van der Waals surface area contributed by atoms with Crippen LogP contribution in [0.4, 0.5) is 5.82 Å². The number of nitrogens with one attached hydrogen (secondary N) is 1. The monoisotopic (exact) mass is 301 g/mol. The number of aromatic nitrogens is 4. The molecule has 7 heteroatoms. The Bertz CT molecular complexity index is 695. The minimum atomic E-state index is -1.06. The molecule has 22 heavy (non-hydrogen) atoms. The van der Waals surface area contributed by atoms with E-state index < -0.39 is 5.97 Å².